The molecule has 1 heterocycles. The first kappa shape index (κ1) is 18.0. The second-order valence-corrected chi connectivity index (χ2v) is 7.09. The summed E-state index contributed by atoms with van der Waals surface area (Å²) in [6.45, 7) is 1.80. The predicted octanol–water partition coefficient (Wildman–Crippen LogP) is 4.76. The third-order valence-electron chi connectivity index (χ3n) is 3.93. The summed E-state index contributed by atoms with van der Waals surface area (Å²) in [6.07, 6.45) is 4.75. The number of amides is 1. The lowest BCUT2D eigenvalue weighted by molar-refractivity contribution is -0.112. The van der Waals surface area contributed by atoms with E-state index in [0.29, 0.717) is 10.7 Å². The van der Waals surface area contributed by atoms with E-state index in [1.54, 1.807) is 6.92 Å². The maximum Gasteiger partial charge on any atom is 0.253 e. The molecule has 4 nitrogen and oxygen atoms in total. The highest BCUT2D eigenvalue weighted by Crippen LogP contribution is 2.18. The molecule has 1 N–H and O–H groups in total. The van der Waals surface area contributed by atoms with Crippen molar-refractivity contribution >= 4 is 28.5 Å². The lowest BCUT2D eigenvalue weighted by atomic mass is 10.1. The minimum atomic E-state index is -0.152. The number of carbonyl (C=O) groups is 1. The molecule has 1 amide bonds. The standard InChI is InChI=1S/C21H21N3OS/c1-16(15-18-11-6-3-7-12-18)20(25)22-21-24-23-19(26-21)14-8-13-17-9-4-2-5-10-17/h2-7,9-12,15H,8,13-14H2,1H3,(H,22,24,25)/b16-15+. The van der Waals surface area contributed by atoms with Gasteiger partial charge in [-0.2, -0.15) is 0 Å². The molecular formula is C21H21N3OS. The number of anilines is 1. The van der Waals surface area contributed by atoms with Crippen molar-refractivity contribution in [2.24, 2.45) is 0 Å². The van der Waals surface area contributed by atoms with Gasteiger partial charge in [0.15, 0.2) is 0 Å². The van der Waals surface area contributed by atoms with E-state index in [2.05, 4.69) is 39.8 Å². The van der Waals surface area contributed by atoms with Crippen molar-refractivity contribution in [1.82, 2.24) is 10.2 Å². The molecule has 5 heteroatoms. The molecule has 0 aliphatic rings. The molecule has 2 aromatic carbocycles. The lowest BCUT2D eigenvalue weighted by Crippen LogP contribution is -2.12. The highest BCUT2D eigenvalue weighted by molar-refractivity contribution is 7.15. The van der Waals surface area contributed by atoms with Crippen LogP contribution < -0.4 is 5.32 Å². The molecule has 0 atom stereocenters. The zero-order chi connectivity index (χ0) is 18.2. The number of aromatic nitrogens is 2. The van der Waals surface area contributed by atoms with E-state index in [9.17, 15) is 4.79 Å². The van der Waals surface area contributed by atoms with Gasteiger partial charge in [0.05, 0.1) is 0 Å². The number of hydrogen-bond donors (Lipinski definition) is 1. The molecular weight excluding hydrogens is 342 g/mol. The second-order valence-electron chi connectivity index (χ2n) is 6.03. The Bertz CT molecular complexity index is 873. The zero-order valence-electron chi connectivity index (χ0n) is 14.7. The third kappa shape index (κ3) is 5.36. The summed E-state index contributed by atoms with van der Waals surface area (Å²) < 4.78 is 0. The normalized spacial score (nSPS) is 11.3. The first-order valence-corrected chi connectivity index (χ1v) is 9.43. The highest BCUT2D eigenvalue weighted by atomic mass is 32.1. The van der Waals surface area contributed by atoms with Crippen LogP contribution in [0.25, 0.3) is 6.08 Å². The van der Waals surface area contributed by atoms with Crippen LogP contribution in [0.2, 0.25) is 0 Å². The summed E-state index contributed by atoms with van der Waals surface area (Å²) in [7, 11) is 0. The Morgan fingerprint density at radius 1 is 1.00 bits per heavy atom. The van der Waals surface area contributed by atoms with Gasteiger partial charge in [0.25, 0.3) is 5.91 Å². The van der Waals surface area contributed by atoms with Crippen LogP contribution in [0, 0.1) is 0 Å². The van der Waals surface area contributed by atoms with Crippen LogP contribution >= 0.6 is 11.3 Å². The van der Waals surface area contributed by atoms with E-state index in [1.807, 2.05) is 42.5 Å². The van der Waals surface area contributed by atoms with E-state index >= 15 is 0 Å². The number of carbonyl (C=O) groups excluding carboxylic acids is 1. The van der Waals surface area contributed by atoms with E-state index in [4.69, 9.17) is 0 Å². The predicted molar refractivity (Wildman–Crippen MR) is 107 cm³/mol. The van der Waals surface area contributed by atoms with Crippen molar-refractivity contribution in [2.45, 2.75) is 26.2 Å². The molecule has 3 rings (SSSR count). The van der Waals surface area contributed by atoms with E-state index in [1.165, 1.54) is 16.9 Å². The summed E-state index contributed by atoms with van der Waals surface area (Å²) in [6, 6.07) is 20.2. The number of hydrogen-bond acceptors (Lipinski definition) is 4. The van der Waals surface area contributed by atoms with Gasteiger partial charge in [-0.25, -0.2) is 0 Å². The lowest BCUT2D eigenvalue weighted by Gasteiger charge is -2.01. The molecule has 132 valence electrons. The molecule has 0 aliphatic heterocycles. The third-order valence-corrected chi connectivity index (χ3v) is 4.83. The summed E-state index contributed by atoms with van der Waals surface area (Å²) in [5, 5.41) is 12.6. The fraction of sp³-hybridized carbons (Fsp3) is 0.190. The van der Waals surface area contributed by atoms with Gasteiger partial charge in [0, 0.05) is 12.0 Å². The van der Waals surface area contributed by atoms with E-state index < -0.39 is 0 Å². The number of nitrogens with zero attached hydrogens (tertiary/aromatic N) is 2. The van der Waals surface area contributed by atoms with E-state index in [0.717, 1.165) is 29.8 Å². The summed E-state index contributed by atoms with van der Waals surface area (Å²) in [5.74, 6) is -0.152. The van der Waals surface area contributed by atoms with Gasteiger partial charge in [-0.3, -0.25) is 10.1 Å². The van der Waals surface area contributed by atoms with Crippen molar-refractivity contribution in [3.05, 3.63) is 82.4 Å². The minimum absolute atomic E-state index is 0.152. The Labute approximate surface area is 157 Å². The van der Waals surface area contributed by atoms with Gasteiger partial charge in [-0.15, -0.1) is 10.2 Å². The fourth-order valence-electron chi connectivity index (χ4n) is 2.55. The highest BCUT2D eigenvalue weighted by Gasteiger charge is 2.10. The van der Waals surface area contributed by atoms with Crippen LogP contribution in [0.3, 0.4) is 0 Å². The Morgan fingerprint density at radius 3 is 2.42 bits per heavy atom. The van der Waals surface area contributed by atoms with E-state index in [-0.39, 0.29) is 5.91 Å². The molecule has 0 fully saturated rings. The molecule has 0 spiro atoms. The van der Waals surface area contributed by atoms with Crippen LogP contribution in [-0.2, 0) is 17.6 Å². The molecule has 26 heavy (non-hydrogen) atoms. The largest absolute Gasteiger partial charge is 0.297 e. The minimum Gasteiger partial charge on any atom is -0.297 e. The first-order valence-electron chi connectivity index (χ1n) is 8.62. The molecule has 1 aromatic heterocycles. The second kappa shape index (κ2) is 9.06. The summed E-state index contributed by atoms with van der Waals surface area (Å²) in [4.78, 5) is 12.3. The molecule has 0 saturated carbocycles. The topological polar surface area (TPSA) is 54.9 Å². The van der Waals surface area contributed by atoms with Gasteiger partial charge >= 0.3 is 0 Å². The average Bonchev–Trinajstić information content (AvgIpc) is 3.10. The smallest absolute Gasteiger partial charge is 0.253 e. The van der Waals surface area contributed by atoms with Crippen LogP contribution in [0.4, 0.5) is 5.13 Å². The maximum absolute atomic E-state index is 12.3. The van der Waals surface area contributed by atoms with Crippen molar-refractivity contribution in [3.63, 3.8) is 0 Å². The Hall–Kier alpha value is -2.79. The molecule has 0 bridgehead atoms. The quantitative estimate of drug-likeness (QED) is 0.616. The average molecular weight is 363 g/mol. The molecule has 3 aromatic rings. The monoisotopic (exact) mass is 363 g/mol. The Balaban J connectivity index is 1.51. The van der Waals surface area contributed by atoms with Crippen LogP contribution in [0.15, 0.2) is 66.2 Å². The van der Waals surface area contributed by atoms with Crippen LogP contribution in [0.5, 0.6) is 0 Å². The number of rotatable bonds is 7. The zero-order valence-corrected chi connectivity index (χ0v) is 15.5. The van der Waals surface area contributed by atoms with Crippen molar-refractivity contribution in [3.8, 4) is 0 Å². The SMILES string of the molecule is C/C(=C\c1ccccc1)C(=O)Nc1nnc(CCCc2ccccc2)s1. The first-order chi connectivity index (χ1) is 12.7. The van der Waals surface area contributed by atoms with Crippen molar-refractivity contribution in [2.75, 3.05) is 5.32 Å². The van der Waals surface area contributed by atoms with Gasteiger partial charge in [0.2, 0.25) is 5.13 Å². The summed E-state index contributed by atoms with van der Waals surface area (Å²) in [5.41, 5.74) is 2.96. The number of nitrogens with one attached hydrogen (secondary N) is 1. The van der Waals surface area contributed by atoms with Gasteiger partial charge in [-0.05, 0) is 37.0 Å². The van der Waals surface area contributed by atoms with Gasteiger partial charge in [0.1, 0.15) is 5.01 Å². The van der Waals surface area contributed by atoms with Crippen molar-refractivity contribution in [1.29, 1.82) is 0 Å². The number of benzene rings is 2. The van der Waals surface area contributed by atoms with Crippen molar-refractivity contribution < 1.29 is 4.79 Å². The molecule has 0 radical (unpaired) electrons. The fourth-order valence-corrected chi connectivity index (χ4v) is 3.33. The Kier molecular flexibility index (Phi) is 6.28. The van der Waals surface area contributed by atoms with Crippen LogP contribution in [-0.4, -0.2) is 16.1 Å². The van der Waals surface area contributed by atoms with Crippen LogP contribution in [0.1, 0.15) is 29.5 Å². The molecule has 0 unspecified atom stereocenters. The van der Waals surface area contributed by atoms with Gasteiger partial charge < -0.3 is 0 Å². The molecule has 0 aliphatic carbocycles. The molecule has 0 saturated heterocycles. The summed E-state index contributed by atoms with van der Waals surface area (Å²) >= 11 is 1.44. The number of aryl methyl sites for hydroxylation is 2. The maximum atomic E-state index is 12.3. The van der Waals surface area contributed by atoms with Gasteiger partial charge in [-0.1, -0.05) is 72.0 Å². The Morgan fingerprint density at radius 2 is 1.69 bits per heavy atom.